The Labute approximate surface area is 154 Å². The molecule has 2 aromatic carbocycles. The van der Waals surface area contributed by atoms with Gasteiger partial charge in [-0.2, -0.15) is 0 Å². The van der Waals surface area contributed by atoms with Crippen LogP contribution < -0.4 is 5.32 Å². The first kappa shape index (κ1) is 17.0. The molecule has 0 aliphatic rings. The number of thioether (sulfide) groups is 1. The van der Waals surface area contributed by atoms with Gasteiger partial charge in [-0.05, 0) is 30.7 Å². The second kappa shape index (κ2) is 7.83. The Morgan fingerprint density at radius 2 is 1.96 bits per heavy atom. The molecular formula is C18H15ClN2OS2. The van der Waals surface area contributed by atoms with Crippen LogP contribution in [-0.4, -0.2) is 16.6 Å². The Morgan fingerprint density at radius 3 is 2.71 bits per heavy atom. The second-order valence-electron chi connectivity index (χ2n) is 5.16. The third-order valence-electron chi connectivity index (χ3n) is 3.37. The SMILES string of the molecule is Cc1ccccc1NC(=O)CSc1nc(-c2ccc(Cl)cc2)cs1. The van der Waals surface area contributed by atoms with E-state index in [1.165, 1.54) is 23.1 Å². The zero-order valence-electron chi connectivity index (χ0n) is 13.0. The van der Waals surface area contributed by atoms with Crippen molar-refractivity contribution >= 4 is 46.3 Å². The molecule has 0 unspecified atom stereocenters. The summed E-state index contributed by atoms with van der Waals surface area (Å²) in [5, 5.41) is 5.62. The third kappa shape index (κ3) is 4.38. The van der Waals surface area contributed by atoms with Gasteiger partial charge >= 0.3 is 0 Å². The number of aryl methyl sites for hydroxylation is 1. The first-order chi connectivity index (χ1) is 11.6. The van der Waals surface area contributed by atoms with E-state index in [0.717, 1.165) is 26.8 Å². The molecular weight excluding hydrogens is 360 g/mol. The maximum atomic E-state index is 12.1. The molecule has 1 N–H and O–H groups in total. The molecule has 0 spiro atoms. The molecule has 1 amide bonds. The van der Waals surface area contributed by atoms with Crippen LogP contribution in [0.5, 0.6) is 0 Å². The first-order valence-electron chi connectivity index (χ1n) is 7.31. The van der Waals surface area contributed by atoms with Gasteiger partial charge in [0, 0.05) is 21.7 Å². The fourth-order valence-corrected chi connectivity index (χ4v) is 3.86. The molecule has 0 bridgehead atoms. The van der Waals surface area contributed by atoms with Gasteiger partial charge in [0.25, 0.3) is 0 Å². The highest BCUT2D eigenvalue weighted by molar-refractivity contribution is 8.01. The van der Waals surface area contributed by atoms with Crippen LogP contribution in [0.15, 0.2) is 58.3 Å². The van der Waals surface area contributed by atoms with Crippen LogP contribution in [0.3, 0.4) is 0 Å². The van der Waals surface area contributed by atoms with Gasteiger partial charge in [-0.15, -0.1) is 11.3 Å². The van der Waals surface area contributed by atoms with Crippen molar-refractivity contribution in [2.24, 2.45) is 0 Å². The zero-order chi connectivity index (χ0) is 16.9. The Bertz CT molecular complexity index is 846. The average Bonchev–Trinajstić information content (AvgIpc) is 3.05. The van der Waals surface area contributed by atoms with Crippen molar-refractivity contribution in [3.8, 4) is 11.3 Å². The average molecular weight is 375 g/mol. The predicted octanol–water partition coefficient (Wildman–Crippen LogP) is 5.50. The Kier molecular flexibility index (Phi) is 5.56. The summed E-state index contributed by atoms with van der Waals surface area (Å²) in [5.41, 5.74) is 3.82. The van der Waals surface area contributed by atoms with Gasteiger partial charge in [-0.1, -0.05) is 53.7 Å². The summed E-state index contributed by atoms with van der Waals surface area (Å²) in [6.07, 6.45) is 0. The van der Waals surface area contributed by atoms with Gasteiger partial charge in [0.15, 0.2) is 4.34 Å². The highest BCUT2D eigenvalue weighted by Gasteiger charge is 2.09. The summed E-state index contributed by atoms with van der Waals surface area (Å²) in [6, 6.07) is 15.3. The molecule has 3 rings (SSSR count). The third-order valence-corrected chi connectivity index (χ3v) is 5.64. The number of rotatable bonds is 5. The number of thiazole rings is 1. The summed E-state index contributed by atoms with van der Waals surface area (Å²) in [4.78, 5) is 16.6. The number of hydrogen-bond acceptors (Lipinski definition) is 4. The fraction of sp³-hybridized carbons (Fsp3) is 0.111. The monoisotopic (exact) mass is 374 g/mol. The van der Waals surface area contributed by atoms with E-state index in [2.05, 4.69) is 10.3 Å². The van der Waals surface area contributed by atoms with E-state index >= 15 is 0 Å². The van der Waals surface area contributed by atoms with E-state index in [4.69, 9.17) is 11.6 Å². The number of benzene rings is 2. The lowest BCUT2D eigenvalue weighted by Crippen LogP contribution is -2.14. The Balaban J connectivity index is 1.58. The topological polar surface area (TPSA) is 42.0 Å². The fourth-order valence-electron chi connectivity index (χ4n) is 2.10. The summed E-state index contributed by atoms with van der Waals surface area (Å²) in [6.45, 7) is 1.97. The molecule has 0 saturated heterocycles. The molecule has 1 heterocycles. The van der Waals surface area contributed by atoms with Crippen LogP contribution in [0.2, 0.25) is 5.02 Å². The van der Waals surface area contributed by atoms with E-state index in [0.29, 0.717) is 10.8 Å². The van der Waals surface area contributed by atoms with Gasteiger partial charge in [0.2, 0.25) is 5.91 Å². The van der Waals surface area contributed by atoms with Crippen molar-refractivity contribution in [3.63, 3.8) is 0 Å². The molecule has 0 atom stereocenters. The highest BCUT2D eigenvalue weighted by Crippen LogP contribution is 2.29. The molecule has 0 fully saturated rings. The van der Waals surface area contributed by atoms with Crippen LogP contribution in [0.1, 0.15) is 5.56 Å². The first-order valence-corrected chi connectivity index (χ1v) is 9.56. The minimum Gasteiger partial charge on any atom is -0.325 e. The van der Waals surface area contributed by atoms with Crippen molar-refractivity contribution in [2.75, 3.05) is 11.1 Å². The molecule has 3 aromatic rings. The van der Waals surface area contributed by atoms with Crippen molar-refractivity contribution in [1.82, 2.24) is 4.98 Å². The molecule has 122 valence electrons. The zero-order valence-corrected chi connectivity index (χ0v) is 15.3. The smallest absolute Gasteiger partial charge is 0.234 e. The minimum absolute atomic E-state index is 0.0301. The normalized spacial score (nSPS) is 10.6. The van der Waals surface area contributed by atoms with Gasteiger partial charge < -0.3 is 5.32 Å². The number of halogens is 1. The lowest BCUT2D eigenvalue weighted by molar-refractivity contribution is -0.113. The molecule has 1 aromatic heterocycles. The molecule has 24 heavy (non-hydrogen) atoms. The van der Waals surface area contributed by atoms with Crippen molar-refractivity contribution in [2.45, 2.75) is 11.3 Å². The molecule has 3 nitrogen and oxygen atoms in total. The molecule has 0 radical (unpaired) electrons. The van der Waals surface area contributed by atoms with Gasteiger partial charge in [-0.3, -0.25) is 4.79 Å². The Morgan fingerprint density at radius 1 is 1.21 bits per heavy atom. The quantitative estimate of drug-likeness (QED) is 0.599. The van der Waals surface area contributed by atoms with E-state index < -0.39 is 0 Å². The van der Waals surface area contributed by atoms with Gasteiger partial charge in [0.1, 0.15) is 0 Å². The highest BCUT2D eigenvalue weighted by atomic mass is 35.5. The van der Waals surface area contributed by atoms with Crippen LogP contribution >= 0.6 is 34.7 Å². The lowest BCUT2D eigenvalue weighted by Gasteiger charge is -2.06. The molecule has 6 heteroatoms. The van der Waals surface area contributed by atoms with E-state index in [9.17, 15) is 4.79 Å². The van der Waals surface area contributed by atoms with E-state index in [-0.39, 0.29) is 5.91 Å². The second-order valence-corrected chi connectivity index (χ2v) is 7.67. The number of anilines is 1. The standard InChI is InChI=1S/C18H15ClN2OS2/c1-12-4-2-3-5-15(12)20-17(22)11-24-18-21-16(10-23-18)13-6-8-14(19)9-7-13/h2-10H,11H2,1H3,(H,20,22). The predicted molar refractivity (Wildman–Crippen MR) is 103 cm³/mol. The number of hydrogen-bond donors (Lipinski definition) is 1. The summed E-state index contributed by atoms with van der Waals surface area (Å²) in [7, 11) is 0. The summed E-state index contributed by atoms with van der Waals surface area (Å²) in [5.74, 6) is 0.305. The number of amides is 1. The number of carbonyl (C=O) groups is 1. The van der Waals surface area contributed by atoms with Crippen LogP contribution in [0, 0.1) is 6.92 Å². The minimum atomic E-state index is -0.0301. The lowest BCUT2D eigenvalue weighted by atomic mass is 10.2. The number of nitrogens with one attached hydrogen (secondary N) is 1. The largest absolute Gasteiger partial charge is 0.325 e. The molecule has 0 aliphatic heterocycles. The maximum Gasteiger partial charge on any atom is 0.234 e. The van der Waals surface area contributed by atoms with E-state index in [1.807, 2.05) is 60.8 Å². The number of nitrogens with zero attached hydrogens (tertiary/aromatic N) is 1. The van der Waals surface area contributed by atoms with Crippen LogP contribution in [0.25, 0.3) is 11.3 Å². The maximum absolute atomic E-state index is 12.1. The number of para-hydroxylation sites is 1. The summed E-state index contributed by atoms with van der Waals surface area (Å²) >= 11 is 8.88. The van der Waals surface area contributed by atoms with Crippen molar-refractivity contribution in [1.29, 1.82) is 0 Å². The van der Waals surface area contributed by atoms with Gasteiger partial charge in [0.05, 0.1) is 11.4 Å². The number of aromatic nitrogens is 1. The van der Waals surface area contributed by atoms with Crippen molar-refractivity contribution < 1.29 is 4.79 Å². The summed E-state index contributed by atoms with van der Waals surface area (Å²) < 4.78 is 0.875. The van der Waals surface area contributed by atoms with E-state index in [1.54, 1.807) is 0 Å². The molecule has 0 saturated carbocycles. The van der Waals surface area contributed by atoms with Gasteiger partial charge in [-0.25, -0.2) is 4.98 Å². The number of carbonyl (C=O) groups excluding carboxylic acids is 1. The molecule has 0 aliphatic carbocycles. The van der Waals surface area contributed by atoms with Crippen LogP contribution in [0.4, 0.5) is 5.69 Å². The van der Waals surface area contributed by atoms with Crippen molar-refractivity contribution in [3.05, 3.63) is 64.5 Å². The van der Waals surface area contributed by atoms with Crippen LogP contribution in [-0.2, 0) is 4.79 Å². The Hall–Kier alpha value is -1.82.